The Morgan fingerprint density at radius 3 is 2.45 bits per heavy atom. The molecule has 2 aromatic rings. The molecule has 3 rings (SSSR count). The number of fused-ring (bicyclic) bond motifs is 2. The lowest BCUT2D eigenvalue weighted by molar-refractivity contribution is 0.0901. The molecule has 1 aliphatic heterocycles. The van der Waals surface area contributed by atoms with Gasteiger partial charge in [-0.15, -0.1) is 0 Å². The van der Waals surface area contributed by atoms with Crippen LogP contribution >= 0.6 is 0 Å². The molecule has 3 nitrogen and oxygen atoms in total. The average Bonchev–Trinajstić information content (AvgIpc) is 2.58. The molecule has 0 saturated carbocycles. The molecule has 0 unspecified atom stereocenters. The second-order valence-corrected chi connectivity index (χ2v) is 4.85. The summed E-state index contributed by atoms with van der Waals surface area (Å²) in [4.78, 5) is 14.3. The third-order valence-corrected chi connectivity index (χ3v) is 3.69. The van der Waals surface area contributed by atoms with Gasteiger partial charge >= 0.3 is 0 Å². The lowest BCUT2D eigenvalue weighted by atomic mass is 9.97. The predicted molar refractivity (Wildman–Crippen MR) is 79.1 cm³/mol. The van der Waals surface area contributed by atoms with Crippen molar-refractivity contribution in [1.29, 1.82) is 0 Å². The molecule has 1 atom stereocenters. The molecule has 20 heavy (non-hydrogen) atoms. The number of hydrogen-bond acceptors (Lipinski definition) is 2. The van der Waals surface area contributed by atoms with Gasteiger partial charge < -0.3 is 9.64 Å². The minimum absolute atomic E-state index is 0.00949. The average molecular weight is 267 g/mol. The van der Waals surface area contributed by atoms with E-state index in [4.69, 9.17) is 4.74 Å². The number of para-hydroxylation sites is 1. The van der Waals surface area contributed by atoms with Crippen molar-refractivity contribution in [2.24, 2.45) is 0 Å². The summed E-state index contributed by atoms with van der Waals surface area (Å²) in [6, 6.07) is 15.6. The molecule has 0 bridgehead atoms. The van der Waals surface area contributed by atoms with Crippen LogP contribution in [0.15, 0.2) is 48.5 Å². The quantitative estimate of drug-likeness (QED) is 0.834. The van der Waals surface area contributed by atoms with Gasteiger partial charge in [0.15, 0.2) is 0 Å². The number of carbonyl (C=O) groups is 1. The number of hydrogen-bond donors (Lipinski definition) is 0. The van der Waals surface area contributed by atoms with Crippen LogP contribution in [0.3, 0.4) is 0 Å². The lowest BCUT2D eigenvalue weighted by Gasteiger charge is -2.20. The molecule has 1 heterocycles. The number of rotatable bonds is 2. The van der Waals surface area contributed by atoms with Crippen LogP contribution in [-0.2, 0) is 4.74 Å². The van der Waals surface area contributed by atoms with Crippen molar-refractivity contribution in [2.45, 2.75) is 13.0 Å². The molecule has 1 amide bonds. The smallest absolute Gasteiger partial charge is 0.258 e. The number of amides is 1. The van der Waals surface area contributed by atoms with E-state index in [9.17, 15) is 4.79 Å². The minimum atomic E-state index is -0.193. The zero-order valence-corrected chi connectivity index (χ0v) is 11.7. The Morgan fingerprint density at radius 2 is 1.70 bits per heavy atom. The summed E-state index contributed by atoms with van der Waals surface area (Å²) >= 11 is 0. The van der Waals surface area contributed by atoms with Crippen LogP contribution < -0.4 is 4.90 Å². The highest BCUT2D eigenvalue weighted by molar-refractivity contribution is 6.08. The standard InChI is InChI=1S/C17H17NO2/c1-3-20-16-12-8-4-5-9-13(12)17(19)18(2)15-11-7-6-10-14(15)16/h4-11,16H,3H2,1-2H3/t16-/m0/s1. The van der Waals surface area contributed by atoms with E-state index in [1.807, 2.05) is 62.5 Å². The number of anilines is 1. The lowest BCUT2D eigenvalue weighted by Crippen LogP contribution is -2.25. The molecule has 0 N–H and O–H groups in total. The maximum absolute atomic E-state index is 12.6. The van der Waals surface area contributed by atoms with Crippen LogP contribution in [0.2, 0.25) is 0 Å². The Hall–Kier alpha value is -2.13. The fourth-order valence-corrected chi connectivity index (χ4v) is 2.74. The van der Waals surface area contributed by atoms with Crippen molar-refractivity contribution in [3.63, 3.8) is 0 Å². The third-order valence-electron chi connectivity index (χ3n) is 3.69. The van der Waals surface area contributed by atoms with Gasteiger partial charge in [0.25, 0.3) is 5.91 Å². The SMILES string of the molecule is CCO[C@H]1c2ccccc2C(=O)N(C)c2ccccc21. The van der Waals surface area contributed by atoms with E-state index < -0.39 is 0 Å². The van der Waals surface area contributed by atoms with Crippen LogP contribution in [0.1, 0.15) is 34.5 Å². The minimum Gasteiger partial charge on any atom is -0.369 e. The molecule has 0 fully saturated rings. The first-order valence-corrected chi connectivity index (χ1v) is 6.81. The van der Waals surface area contributed by atoms with E-state index in [-0.39, 0.29) is 12.0 Å². The van der Waals surface area contributed by atoms with Crippen LogP contribution in [0, 0.1) is 0 Å². The van der Waals surface area contributed by atoms with Crippen molar-refractivity contribution in [1.82, 2.24) is 0 Å². The van der Waals surface area contributed by atoms with E-state index in [1.54, 1.807) is 4.90 Å². The van der Waals surface area contributed by atoms with E-state index >= 15 is 0 Å². The molecule has 0 radical (unpaired) electrons. The predicted octanol–water partition coefficient (Wildman–Crippen LogP) is 3.40. The zero-order chi connectivity index (χ0) is 14.1. The van der Waals surface area contributed by atoms with Gasteiger partial charge in [0, 0.05) is 30.5 Å². The Bertz CT molecular complexity index is 651. The van der Waals surface area contributed by atoms with Crippen LogP contribution in [0.4, 0.5) is 5.69 Å². The van der Waals surface area contributed by atoms with Gasteiger partial charge in [0.1, 0.15) is 6.10 Å². The van der Waals surface area contributed by atoms with Crippen molar-refractivity contribution in [3.05, 3.63) is 65.2 Å². The van der Waals surface area contributed by atoms with E-state index in [0.717, 1.165) is 16.8 Å². The highest BCUT2D eigenvalue weighted by Crippen LogP contribution is 2.38. The monoisotopic (exact) mass is 267 g/mol. The largest absolute Gasteiger partial charge is 0.369 e. The normalized spacial score (nSPS) is 17.4. The van der Waals surface area contributed by atoms with E-state index in [0.29, 0.717) is 12.2 Å². The highest BCUT2D eigenvalue weighted by Gasteiger charge is 2.30. The summed E-state index contributed by atoms with van der Waals surface area (Å²) in [5.74, 6) is 0.00949. The van der Waals surface area contributed by atoms with Gasteiger partial charge in [0.05, 0.1) is 0 Å². The van der Waals surface area contributed by atoms with Gasteiger partial charge in [-0.3, -0.25) is 4.79 Å². The van der Waals surface area contributed by atoms with Crippen LogP contribution in [0.5, 0.6) is 0 Å². The summed E-state index contributed by atoms with van der Waals surface area (Å²) < 4.78 is 5.93. The summed E-state index contributed by atoms with van der Waals surface area (Å²) in [6.45, 7) is 2.58. The first-order chi connectivity index (χ1) is 9.74. The second kappa shape index (κ2) is 5.10. The number of carbonyl (C=O) groups excluding carboxylic acids is 1. The molecule has 0 spiro atoms. The number of benzene rings is 2. The van der Waals surface area contributed by atoms with Crippen LogP contribution in [-0.4, -0.2) is 19.6 Å². The van der Waals surface area contributed by atoms with Crippen molar-refractivity contribution in [2.75, 3.05) is 18.6 Å². The first kappa shape index (κ1) is 12.9. The second-order valence-electron chi connectivity index (χ2n) is 4.85. The number of ether oxygens (including phenoxy) is 1. The summed E-state index contributed by atoms with van der Waals surface area (Å²) in [5.41, 5.74) is 3.60. The molecule has 0 aliphatic carbocycles. The Kier molecular flexibility index (Phi) is 3.28. The molecule has 102 valence electrons. The third kappa shape index (κ3) is 1.91. The van der Waals surface area contributed by atoms with Gasteiger partial charge in [-0.1, -0.05) is 36.4 Å². The molecule has 0 aromatic heterocycles. The van der Waals surface area contributed by atoms with Crippen LogP contribution in [0.25, 0.3) is 0 Å². The highest BCUT2D eigenvalue weighted by atomic mass is 16.5. The zero-order valence-electron chi connectivity index (χ0n) is 11.7. The topological polar surface area (TPSA) is 29.5 Å². The van der Waals surface area contributed by atoms with Gasteiger partial charge in [-0.25, -0.2) is 0 Å². The molecule has 0 saturated heterocycles. The van der Waals surface area contributed by atoms with Gasteiger partial charge in [0.2, 0.25) is 0 Å². The van der Waals surface area contributed by atoms with Crippen molar-refractivity contribution >= 4 is 11.6 Å². The molecule has 3 heteroatoms. The van der Waals surface area contributed by atoms with E-state index in [2.05, 4.69) is 0 Å². The molecular formula is C17H17NO2. The van der Waals surface area contributed by atoms with Crippen molar-refractivity contribution in [3.8, 4) is 0 Å². The Morgan fingerprint density at radius 1 is 1.05 bits per heavy atom. The Balaban J connectivity index is 2.27. The van der Waals surface area contributed by atoms with Gasteiger partial charge in [-0.2, -0.15) is 0 Å². The fraction of sp³-hybridized carbons (Fsp3) is 0.235. The molecular weight excluding hydrogens is 250 g/mol. The maximum atomic E-state index is 12.6. The molecule has 2 aromatic carbocycles. The molecule has 1 aliphatic rings. The van der Waals surface area contributed by atoms with Gasteiger partial charge in [-0.05, 0) is 24.6 Å². The number of nitrogens with zero attached hydrogens (tertiary/aromatic N) is 1. The summed E-state index contributed by atoms with van der Waals surface area (Å²) in [5, 5.41) is 0. The van der Waals surface area contributed by atoms with E-state index in [1.165, 1.54) is 0 Å². The first-order valence-electron chi connectivity index (χ1n) is 6.81. The van der Waals surface area contributed by atoms with Crippen molar-refractivity contribution < 1.29 is 9.53 Å². The summed E-state index contributed by atoms with van der Waals surface area (Å²) in [7, 11) is 1.81. The Labute approximate surface area is 118 Å². The summed E-state index contributed by atoms with van der Waals surface area (Å²) in [6.07, 6.45) is -0.193. The fourth-order valence-electron chi connectivity index (χ4n) is 2.74. The maximum Gasteiger partial charge on any atom is 0.258 e.